The molecule has 1 aliphatic rings. The number of anilines is 1. The smallest absolute Gasteiger partial charge is 0.265 e. The van der Waals surface area contributed by atoms with E-state index in [0.717, 1.165) is 4.47 Å². The first kappa shape index (κ1) is 14.9. The fraction of sp³-hybridized carbons (Fsp3) is 0.143. The lowest BCUT2D eigenvalue weighted by molar-refractivity contribution is 0.316. The number of para-hydroxylation sites is 2. The quantitative estimate of drug-likeness (QED) is 0.724. The second kappa shape index (κ2) is 5.62. The Balaban J connectivity index is 2.12. The number of hydrogen-bond donors (Lipinski definition) is 0. The third kappa shape index (κ3) is 2.69. The van der Waals surface area contributed by atoms with Gasteiger partial charge in [-0.2, -0.15) is 0 Å². The van der Waals surface area contributed by atoms with Gasteiger partial charge in [0, 0.05) is 8.95 Å². The Bertz CT molecular complexity index is 793. The monoisotopic (exact) mass is 431 g/mol. The molecule has 0 radical (unpaired) electrons. The van der Waals surface area contributed by atoms with Crippen molar-refractivity contribution in [2.45, 2.75) is 4.90 Å². The van der Waals surface area contributed by atoms with Gasteiger partial charge in [-0.05, 0) is 46.3 Å². The number of benzene rings is 2. The van der Waals surface area contributed by atoms with E-state index in [1.165, 1.54) is 4.31 Å². The van der Waals surface area contributed by atoms with Crippen molar-refractivity contribution in [1.82, 2.24) is 0 Å². The van der Waals surface area contributed by atoms with E-state index in [1.54, 1.807) is 36.4 Å². The highest BCUT2D eigenvalue weighted by Crippen LogP contribution is 2.36. The van der Waals surface area contributed by atoms with Gasteiger partial charge in [0.2, 0.25) is 0 Å². The molecule has 0 saturated carbocycles. The van der Waals surface area contributed by atoms with Gasteiger partial charge in [-0.3, -0.25) is 4.31 Å². The first-order valence-corrected chi connectivity index (χ1v) is 9.22. The van der Waals surface area contributed by atoms with Crippen LogP contribution >= 0.6 is 31.9 Å². The van der Waals surface area contributed by atoms with Gasteiger partial charge in [-0.15, -0.1) is 0 Å². The molecule has 21 heavy (non-hydrogen) atoms. The van der Waals surface area contributed by atoms with Gasteiger partial charge >= 0.3 is 0 Å². The van der Waals surface area contributed by atoms with Crippen LogP contribution in [-0.4, -0.2) is 21.6 Å². The van der Waals surface area contributed by atoms with E-state index in [-0.39, 0.29) is 4.90 Å². The summed E-state index contributed by atoms with van der Waals surface area (Å²) in [6.07, 6.45) is 0. The minimum atomic E-state index is -3.64. The van der Waals surface area contributed by atoms with Crippen LogP contribution in [0.15, 0.2) is 56.3 Å². The van der Waals surface area contributed by atoms with Crippen molar-refractivity contribution in [2.24, 2.45) is 0 Å². The zero-order valence-electron chi connectivity index (χ0n) is 10.8. The topological polar surface area (TPSA) is 46.6 Å². The number of nitrogens with zero attached hydrogens (tertiary/aromatic N) is 1. The highest BCUT2D eigenvalue weighted by Gasteiger charge is 2.31. The summed E-state index contributed by atoms with van der Waals surface area (Å²) in [6, 6.07) is 12.2. The van der Waals surface area contributed by atoms with Gasteiger partial charge in [0.15, 0.2) is 0 Å². The summed E-state index contributed by atoms with van der Waals surface area (Å²) in [5, 5.41) is 0. The van der Waals surface area contributed by atoms with Gasteiger partial charge in [-0.1, -0.05) is 28.1 Å². The molecular formula is C14H11Br2NO3S. The first-order chi connectivity index (χ1) is 10.00. The Morgan fingerprint density at radius 1 is 1.10 bits per heavy atom. The van der Waals surface area contributed by atoms with Crippen molar-refractivity contribution in [3.8, 4) is 5.75 Å². The molecule has 0 bridgehead atoms. The lowest BCUT2D eigenvalue weighted by Gasteiger charge is -2.30. The predicted molar refractivity (Wildman–Crippen MR) is 88.3 cm³/mol. The molecule has 0 unspecified atom stereocenters. The minimum absolute atomic E-state index is 0.238. The molecule has 0 fully saturated rings. The van der Waals surface area contributed by atoms with Crippen molar-refractivity contribution >= 4 is 47.6 Å². The molecule has 0 atom stereocenters. The summed E-state index contributed by atoms with van der Waals surface area (Å²) in [5.74, 6) is 0.584. The van der Waals surface area contributed by atoms with Crippen LogP contribution in [0.2, 0.25) is 0 Å². The minimum Gasteiger partial charge on any atom is -0.489 e. The number of ether oxygens (including phenoxy) is 1. The number of halogens is 2. The third-order valence-corrected chi connectivity index (χ3v) is 6.43. The normalized spacial score (nSPS) is 14.5. The van der Waals surface area contributed by atoms with Crippen LogP contribution in [-0.2, 0) is 10.0 Å². The van der Waals surface area contributed by atoms with Gasteiger partial charge in [0.25, 0.3) is 10.0 Å². The number of rotatable bonds is 2. The molecule has 1 aliphatic heterocycles. The van der Waals surface area contributed by atoms with Gasteiger partial charge in [-0.25, -0.2) is 8.42 Å². The second-order valence-corrected chi connectivity index (χ2v) is 8.07. The van der Waals surface area contributed by atoms with Crippen LogP contribution in [0.4, 0.5) is 5.69 Å². The molecule has 0 spiro atoms. The van der Waals surface area contributed by atoms with Crippen LogP contribution in [0.25, 0.3) is 0 Å². The van der Waals surface area contributed by atoms with Crippen LogP contribution in [0, 0.1) is 0 Å². The highest BCUT2D eigenvalue weighted by molar-refractivity contribution is 9.11. The molecule has 4 nitrogen and oxygen atoms in total. The van der Waals surface area contributed by atoms with E-state index in [4.69, 9.17) is 4.74 Å². The Labute approximate surface area is 140 Å². The Kier molecular flexibility index (Phi) is 3.98. The molecule has 3 rings (SSSR count). The maximum Gasteiger partial charge on any atom is 0.265 e. The molecule has 1 heterocycles. The van der Waals surface area contributed by atoms with Crippen LogP contribution in [0.3, 0.4) is 0 Å². The summed E-state index contributed by atoms with van der Waals surface area (Å²) < 4.78 is 34.1. The maximum absolute atomic E-state index is 12.9. The highest BCUT2D eigenvalue weighted by atomic mass is 79.9. The van der Waals surface area contributed by atoms with E-state index in [1.807, 2.05) is 6.07 Å². The molecule has 2 aromatic rings. The summed E-state index contributed by atoms with van der Waals surface area (Å²) in [5.41, 5.74) is 0.568. The molecule has 110 valence electrons. The number of sulfonamides is 1. The molecule has 2 aromatic carbocycles. The standard InChI is InChI=1S/C14H11Br2NO3S/c15-10-5-6-14(11(16)9-10)21(18,19)17-7-8-20-13-4-2-1-3-12(13)17/h1-6,9H,7-8H2. The lowest BCUT2D eigenvalue weighted by Crippen LogP contribution is -2.38. The van der Waals surface area contributed by atoms with E-state index >= 15 is 0 Å². The molecule has 0 amide bonds. The largest absolute Gasteiger partial charge is 0.489 e. The Morgan fingerprint density at radius 2 is 1.86 bits per heavy atom. The summed E-state index contributed by atoms with van der Waals surface area (Å²) in [7, 11) is -3.64. The third-order valence-electron chi connectivity index (χ3n) is 3.15. The Morgan fingerprint density at radius 3 is 2.62 bits per heavy atom. The summed E-state index contributed by atoms with van der Waals surface area (Å²) in [6.45, 7) is 0.631. The fourth-order valence-corrected chi connectivity index (χ4v) is 5.37. The van der Waals surface area contributed by atoms with E-state index in [0.29, 0.717) is 29.1 Å². The summed E-state index contributed by atoms with van der Waals surface area (Å²) >= 11 is 6.65. The van der Waals surface area contributed by atoms with Crippen molar-refractivity contribution in [2.75, 3.05) is 17.5 Å². The molecule has 0 aliphatic carbocycles. The van der Waals surface area contributed by atoms with Crippen LogP contribution in [0.1, 0.15) is 0 Å². The van der Waals surface area contributed by atoms with Crippen molar-refractivity contribution in [3.63, 3.8) is 0 Å². The Hall–Kier alpha value is -1.05. The maximum atomic E-state index is 12.9. The molecule has 0 saturated heterocycles. The number of hydrogen-bond acceptors (Lipinski definition) is 3. The van der Waals surface area contributed by atoms with E-state index in [9.17, 15) is 8.42 Å². The van der Waals surface area contributed by atoms with Crippen molar-refractivity contribution in [3.05, 3.63) is 51.4 Å². The predicted octanol–water partition coefficient (Wildman–Crippen LogP) is 3.80. The number of fused-ring (bicyclic) bond motifs is 1. The second-order valence-electron chi connectivity index (χ2n) is 4.47. The first-order valence-electron chi connectivity index (χ1n) is 6.20. The van der Waals surface area contributed by atoms with Gasteiger partial charge in [0.1, 0.15) is 17.3 Å². The van der Waals surface area contributed by atoms with Gasteiger partial charge < -0.3 is 4.74 Å². The van der Waals surface area contributed by atoms with E-state index < -0.39 is 10.0 Å². The lowest BCUT2D eigenvalue weighted by atomic mass is 10.2. The van der Waals surface area contributed by atoms with Crippen LogP contribution < -0.4 is 9.04 Å². The molecular weight excluding hydrogens is 422 g/mol. The van der Waals surface area contributed by atoms with Crippen molar-refractivity contribution < 1.29 is 13.2 Å². The van der Waals surface area contributed by atoms with Gasteiger partial charge in [0.05, 0.1) is 12.2 Å². The molecule has 0 aromatic heterocycles. The summed E-state index contributed by atoms with van der Waals surface area (Å²) in [4.78, 5) is 0.238. The zero-order valence-corrected chi connectivity index (χ0v) is 14.8. The van der Waals surface area contributed by atoms with Crippen LogP contribution in [0.5, 0.6) is 5.75 Å². The SMILES string of the molecule is O=S(=O)(c1ccc(Br)cc1Br)N1CCOc2ccccc21. The molecule has 7 heteroatoms. The van der Waals surface area contributed by atoms with Crippen molar-refractivity contribution in [1.29, 1.82) is 0 Å². The fourth-order valence-electron chi connectivity index (χ4n) is 2.20. The zero-order chi connectivity index (χ0) is 15.0. The molecule has 0 N–H and O–H groups in total. The van der Waals surface area contributed by atoms with E-state index in [2.05, 4.69) is 31.9 Å². The average Bonchev–Trinajstić information content (AvgIpc) is 2.46. The average molecular weight is 433 g/mol.